The standard InChI is InChI=1S/C17H24BrN5S/c1-21(2)16-9-17(20-12-19-16)22(3)13-5-4-8-23(10-13)11-14-6-7-15(18)24-14/h6-7,9,12-13H,4-5,8,10-11H2,1-3H3. The van der Waals surface area contributed by atoms with Crippen molar-refractivity contribution < 1.29 is 0 Å². The molecule has 0 aromatic carbocycles. The third-order valence-corrected chi connectivity index (χ3v) is 6.10. The summed E-state index contributed by atoms with van der Waals surface area (Å²) in [7, 11) is 6.17. The molecule has 5 nitrogen and oxygen atoms in total. The lowest BCUT2D eigenvalue weighted by atomic mass is 10.0. The average molecular weight is 410 g/mol. The number of nitrogens with zero attached hydrogens (tertiary/aromatic N) is 5. The number of halogens is 1. The molecule has 0 N–H and O–H groups in total. The molecule has 0 aliphatic carbocycles. The maximum Gasteiger partial charge on any atom is 0.134 e. The number of thiophene rings is 1. The van der Waals surface area contributed by atoms with E-state index in [1.165, 1.54) is 28.0 Å². The third kappa shape index (κ3) is 4.26. The first-order chi connectivity index (χ1) is 11.5. The summed E-state index contributed by atoms with van der Waals surface area (Å²) in [6.45, 7) is 3.28. The molecule has 1 aliphatic rings. The number of aromatic nitrogens is 2. The van der Waals surface area contributed by atoms with E-state index in [4.69, 9.17) is 0 Å². The van der Waals surface area contributed by atoms with Gasteiger partial charge in [0.25, 0.3) is 0 Å². The SMILES string of the molecule is CN(C)c1cc(N(C)C2CCCN(Cc3ccc(Br)s3)C2)ncn1. The smallest absolute Gasteiger partial charge is 0.134 e. The highest BCUT2D eigenvalue weighted by molar-refractivity contribution is 9.11. The zero-order valence-electron chi connectivity index (χ0n) is 14.4. The van der Waals surface area contributed by atoms with Gasteiger partial charge in [-0.1, -0.05) is 0 Å². The van der Waals surface area contributed by atoms with Crippen molar-refractivity contribution >= 4 is 38.9 Å². The molecule has 1 atom stereocenters. The molecule has 1 saturated heterocycles. The van der Waals surface area contributed by atoms with E-state index >= 15 is 0 Å². The van der Waals surface area contributed by atoms with Crippen LogP contribution in [0.15, 0.2) is 28.3 Å². The summed E-state index contributed by atoms with van der Waals surface area (Å²) >= 11 is 5.38. The molecule has 0 bridgehead atoms. The van der Waals surface area contributed by atoms with Crippen molar-refractivity contribution in [3.8, 4) is 0 Å². The Morgan fingerprint density at radius 2 is 2.04 bits per heavy atom. The molecule has 3 rings (SSSR count). The molecule has 3 heterocycles. The molecule has 0 amide bonds. The second-order valence-electron chi connectivity index (χ2n) is 6.48. The van der Waals surface area contributed by atoms with Crippen LogP contribution in [0.4, 0.5) is 11.6 Å². The molecule has 130 valence electrons. The fourth-order valence-electron chi connectivity index (χ4n) is 3.11. The van der Waals surface area contributed by atoms with Crippen LogP contribution in [0.1, 0.15) is 17.7 Å². The van der Waals surface area contributed by atoms with Gasteiger partial charge in [0.05, 0.1) is 3.79 Å². The van der Waals surface area contributed by atoms with Gasteiger partial charge in [-0.15, -0.1) is 11.3 Å². The molecule has 7 heteroatoms. The van der Waals surface area contributed by atoms with Crippen molar-refractivity contribution in [1.29, 1.82) is 0 Å². The van der Waals surface area contributed by atoms with E-state index in [9.17, 15) is 0 Å². The minimum absolute atomic E-state index is 0.493. The molecule has 1 unspecified atom stereocenters. The zero-order valence-corrected chi connectivity index (χ0v) is 16.8. The molecule has 0 spiro atoms. The molecular weight excluding hydrogens is 386 g/mol. The molecule has 24 heavy (non-hydrogen) atoms. The summed E-state index contributed by atoms with van der Waals surface area (Å²) < 4.78 is 1.21. The van der Waals surface area contributed by atoms with E-state index in [2.05, 4.69) is 60.9 Å². The van der Waals surface area contributed by atoms with E-state index in [-0.39, 0.29) is 0 Å². The van der Waals surface area contributed by atoms with Crippen LogP contribution in [0.2, 0.25) is 0 Å². The predicted octanol–water partition coefficient (Wildman–Crippen LogP) is 3.47. The lowest BCUT2D eigenvalue weighted by molar-refractivity contribution is 0.200. The molecular formula is C17H24BrN5S. The highest BCUT2D eigenvalue weighted by Crippen LogP contribution is 2.26. The van der Waals surface area contributed by atoms with Crippen LogP contribution in [0.5, 0.6) is 0 Å². The van der Waals surface area contributed by atoms with E-state index in [1.807, 2.05) is 30.3 Å². The van der Waals surface area contributed by atoms with Crippen molar-refractivity contribution in [1.82, 2.24) is 14.9 Å². The summed E-state index contributed by atoms with van der Waals surface area (Å²) in [6.07, 6.45) is 4.10. The Morgan fingerprint density at radius 1 is 1.25 bits per heavy atom. The number of hydrogen-bond acceptors (Lipinski definition) is 6. The first kappa shape index (κ1) is 17.6. The Balaban J connectivity index is 1.66. The topological polar surface area (TPSA) is 35.5 Å². The summed E-state index contributed by atoms with van der Waals surface area (Å²) in [5.41, 5.74) is 0. The fraction of sp³-hybridized carbons (Fsp3) is 0.529. The van der Waals surface area contributed by atoms with Crippen LogP contribution >= 0.6 is 27.3 Å². The number of hydrogen-bond donors (Lipinski definition) is 0. The Labute approximate surface area is 156 Å². The lowest BCUT2D eigenvalue weighted by Crippen LogP contribution is -2.46. The molecule has 1 fully saturated rings. The van der Waals surface area contributed by atoms with Crippen LogP contribution in [-0.4, -0.2) is 55.1 Å². The van der Waals surface area contributed by atoms with Crippen LogP contribution in [0.25, 0.3) is 0 Å². The van der Waals surface area contributed by atoms with Crippen molar-refractivity contribution in [3.05, 3.63) is 33.2 Å². The predicted molar refractivity (Wildman–Crippen MR) is 105 cm³/mol. The molecule has 1 aliphatic heterocycles. The van der Waals surface area contributed by atoms with Gasteiger partial charge in [0.2, 0.25) is 0 Å². The minimum atomic E-state index is 0.493. The van der Waals surface area contributed by atoms with Gasteiger partial charge in [0, 0.05) is 51.2 Å². The quantitative estimate of drug-likeness (QED) is 0.755. The molecule has 0 radical (unpaired) electrons. The van der Waals surface area contributed by atoms with Crippen LogP contribution in [-0.2, 0) is 6.54 Å². The van der Waals surface area contributed by atoms with Gasteiger partial charge in [-0.3, -0.25) is 4.90 Å². The van der Waals surface area contributed by atoms with Gasteiger partial charge in [0.1, 0.15) is 18.0 Å². The number of anilines is 2. The van der Waals surface area contributed by atoms with Gasteiger partial charge in [0.15, 0.2) is 0 Å². The minimum Gasteiger partial charge on any atom is -0.363 e. The largest absolute Gasteiger partial charge is 0.363 e. The number of likely N-dealkylation sites (tertiary alicyclic amines) is 1. The second-order valence-corrected chi connectivity index (χ2v) is 9.02. The van der Waals surface area contributed by atoms with Crippen molar-refractivity contribution in [2.45, 2.75) is 25.4 Å². The highest BCUT2D eigenvalue weighted by Gasteiger charge is 2.24. The van der Waals surface area contributed by atoms with E-state index < -0.39 is 0 Å². The van der Waals surface area contributed by atoms with E-state index in [0.29, 0.717) is 6.04 Å². The maximum atomic E-state index is 4.47. The summed E-state index contributed by atoms with van der Waals surface area (Å²) in [6, 6.07) is 6.91. The normalized spacial score (nSPS) is 18.6. The van der Waals surface area contributed by atoms with Gasteiger partial charge >= 0.3 is 0 Å². The number of piperidine rings is 1. The fourth-order valence-corrected chi connectivity index (χ4v) is 4.64. The average Bonchev–Trinajstić information content (AvgIpc) is 2.99. The Kier molecular flexibility index (Phi) is 5.73. The highest BCUT2D eigenvalue weighted by atomic mass is 79.9. The monoisotopic (exact) mass is 409 g/mol. The summed E-state index contributed by atoms with van der Waals surface area (Å²) in [5, 5.41) is 0. The van der Waals surface area contributed by atoms with E-state index in [1.54, 1.807) is 6.33 Å². The number of rotatable bonds is 5. The first-order valence-electron chi connectivity index (χ1n) is 8.21. The maximum absolute atomic E-state index is 4.47. The number of likely N-dealkylation sites (N-methyl/N-ethyl adjacent to an activating group) is 1. The van der Waals surface area contributed by atoms with Crippen LogP contribution < -0.4 is 9.80 Å². The van der Waals surface area contributed by atoms with Crippen molar-refractivity contribution in [3.63, 3.8) is 0 Å². The van der Waals surface area contributed by atoms with Gasteiger partial charge in [-0.25, -0.2) is 9.97 Å². The Hall–Kier alpha value is -1.18. The van der Waals surface area contributed by atoms with Crippen molar-refractivity contribution in [2.75, 3.05) is 44.0 Å². The van der Waals surface area contributed by atoms with Crippen LogP contribution in [0.3, 0.4) is 0 Å². The van der Waals surface area contributed by atoms with Crippen LogP contribution in [0, 0.1) is 0 Å². The second kappa shape index (κ2) is 7.80. The third-order valence-electron chi connectivity index (χ3n) is 4.49. The summed E-state index contributed by atoms with van der Waals surface area (Å²) in [4.78, 5) is 17.1. The Bertz CT molecular complexity index is 675. The lowest BCUT2D eigenvalue weighted by Gasteiger charge is -2.38. The zero-order chi connectivity index (χ0) is 17.1. The van der Waals surface area contributed by atoms with E-state index in [0.717, 1.165) is 24.7 Å². The van der Waals surface area contributed by atoms with Gasteiger partial charge in [-0.2, -0.15) is 0 Å². The Morgan fingerprint density at radius 3 is 2.75 bits per heavy atom. The molecule has 0 saturated carbocycles. The molecule has 2 aromatic rings. The van der Waals surface area contributed by atoms with Gasteiger partial charge in [-0.05, 0) is 47.4 Å². The molecule has 2 aromatic heterocycles. The van der Waals surface area contributed by atoms with Gasteiger partial charge < -0.3 is 9.80 Å². The van der Waals surface area contributed by atoms with Crippen molar-refractivity contribution in [2.24, 2.45) is 0 Å². The first-order valence-corrected chi connectivity index (χ1v) is 9.82. The summed E-state index contributed by atoms with van der Waals surface area (Å²) in [5.74, 6) is 1.95.